The minimum absolute atomic E-state index is 0.750. The van der Waals surface area contributed by atoms with Crippen LogP contribution >= 0.6 is 0 Å². The van der Waals surface area contributed by atoms with Crippen molar-refractivity contribution in [3.05, 3.63) is 30.3 Å². The number of benzene rings is 1. The predicted molar refractivity (Wildman–Crippen MR) is 49.8 cm³/mol. The van der Waals surface area contributed by atoms with Gasteiger partial charge in [0.25, 0.3) is 0 Å². The summed E-state index contributed by atoms with van der Waals surface area (Å²) in [5.41, 5.74) is 0. The van der Waals surface area contributed by atoms with Gasteiger partial charge in [-0.15, -0.1) is 0 Å². The molecule has 14 heavy (non-hydrogen) atoms. The average molecular weight is 194 g/mol. The Morgan fingerprint density at radius 2 is 1.43 bits per heavy atom. The fourth-order valence-electron chi connectivity index (χ4n) is 0.557. The number of isocyanates is 2. The van der Waals surface area contributed by atoms with E-state index in [1.54, 1.807) is 7.11 Å². The van der Waals surface area contributed by atoms with Crippen molar-refractivity contribution in [1.29, 1.82) is 10.8 Å². The second kappa shape index (κ2) is 13.4. The summed E-state index contributed by atoms with van der Waals surface area (Å²) in [7, 11) is 1.66. The maximum Gasteiger partial charge on any atom is 0.231 e. The normalized spacial score (nSPS) is 6.07. The Labute approximate surface area is 81.3 Å². The average Bonchev–Trinajstić information content (AvgIpc) is 2.21. The fraction of sp³-hybridized carbons (Fsp3) is 0.111. The molecule has 0 heterocycles. The first-order valence-corrected chi connectivity index (χ1v) is 3.43. The van der Waals surface area contributed by atoms with Crippen molar-refractivity contribution in [2.75, 3.05) is 7.11 Å². The molecule has 0 radical (unpaired) electrons. The third-order valence-electron chi connectivity index (χ3n) is 0.979. The van der Waals surface area contributed by atoms with Crippen molar-refractivity contribution < 1.29 is 14.3 Å². The number of rotatable bonds is 1. The lowest BCUT2D eigenvalue weighted by Crippen LogP contribution is -1.78. The number of methoxy groups -OCH3 is 1. The zero-order valence-electron chi connectivity index (χ0n) is 7.61. The second-order valence-electron chi connectivity index (χ2n) is 1.72. The van der Waals surface area contributed by atoms with E-state index in [1.165, 1.54) is 0 Å². The highest BCUT2D eigenvalue weighted by atomic mass is 16.5. The van der Waals surface area contributed by atoms with Crippen LogP contribution in [-0.4, -0.2) is 19.3 Å². The molecule has 0 aromatic heterocycles. The van der Waals surface area contributed by atoms with Crippen molar-refractivity contribution >= 4 is 12.2 Å². The van der Waals surface area contributed by atoms with Crippen LogP contribution in [0.3, 0.4) is 0 Å². The molecule has 1 aromatic rings. The summed E-state index contributed by atoms with van der Waals surface area (Å²) < 4.78 is 4.91. The molecule has 0 unspecified atom stereocenters. The molecule has 0 fully saturated rings. The molecule has 0 aliphatic rings. The number of hydrogen-bond donors (Lipinski definition) is 2. The van der Waals surface area contributed by atoms with Gasteiger partial charge >= 0.3 is 0 Å². The van der Waals surface area contributed by atoms with Crippen LogP contribution in [0.1, 0.15) is 0 Å². The molecule has 5 nitrogen and oxygen atoms in total. The largest absolute Gasteiger partial charge is 0.497 e. The summed E-state index contributed by atoms with van der Waals surface area (Å²) >= 11 is 0. The monoisotopic (exact) mass is 194 g/mol. The van der Waals surface area contributed by atoms with Crippen LogP contribution in [0, 0.1) is 10.8 Å². The Morgan fingerprint density at radius 3 is 1.64 bits per heavy atom. The number of carbonyl (C=O) groups excluding carboxylic acids is 2. The lowest BCUT2D eigenvalue weighted by Gasteiger charge is -1.93. The van der Waals surface area contributed by atoms with E-state index in [4.69, 9.17) is 25.1 Å². The Kier molecular flexibility index (Phi) is 13.7. The van der Waals surface area contributed by atoms with Gasteiger partial charge in [-0.2, -0.15) is 0 Å². The maximum atomic E-state index is 8.35. The van der Waals surface area contributed by atoms with Gasteiger partial charge in [-0.1, -0.05) is 18.2 Å². The van der Waals surface area contributed by atoms with E-state index in [0.717, 1.165) is 17.9 Å². The minimum atomic E-state index is 0.750. The number of hydrogen-bond acceptors (Lipinski definition) is 5. The predicted octanol–water partition coefficient (Wildman–Crippen LogP) is 1.50. The number of nitrogens with one attached hydrogen (secondary N) is 2. The van der Waals surface area contributed by atoms with Gasteiger partial charge in [0.15, 0.2) is 0 Å². The number of para-hydroxylation sites is 1. The Balaban J connectivity index is 0. The van der Waals surface area contributed by atoms with Crippen LogP contribution in [0.2, 0.25) is 0 Å². The van der Waals surface area contributed by atoms with Crippen LogP contribution in [0.15, 0.2) is 30.3 Å². The molecular weight excluding hydrogens is 184 g/mol. The van der Waals surface area contributed by atoms with E-state index >= 15 is 0 Å². The first-order valence-electron chi connectivity index (χ1n) is 3.43. The minimum Gasteiger partial charge on any atom is -0.497 e. The molecule has 0 bridgehead atoms. The summed E-state index contributed by atoms with van der Waals surface area (Å²) in [4.78, 5) is 16.7. The molecule has 0 aliphatic heterocycles. The Bertz CT molecular complexity index is 274. The maximum absolute atomic E-state index is 8.35. The van der Waals surface area contributed by atoms with Crippen LogP contribution in [0.5, 0.6) is 5.75 Å². The molecular formula is C9H10N2O3. The topological polar surface area (TPSA) is 91.1 Å². The molecule has 0 aliphatic carbocycles. The standard InChI is InChI=1S/C7H8O.2CHNO/c1-8-7-5-3-2-4-6-7;2*2-1-3/h2-6H,1H3;2*2H. The fourth-order valence-corrected chi connectivity index (χ4v) is 0.557. The number of ether oxygens (including phenoxy) is 1. The summed E-state index contributed by atoms with van der Waals surface area (Å²) in [5.74, 6) is 0.910. The van der Waals surface area contributed by atoms with Gasteiger partial charge in [0.2, 0.25) is 12.2 Å². The Hall–Kier alpha value is -2.22. The van der Waals surface area contributed by atoms with Crippen LogP contribution in [0.25, 0.3) is 0 Å². The summed E-state index contributed by atoms with van der Waals surface area (Å²) in [6.45, 7) is 0. The smallest absolute Gasteiger partial charge is 0.231 e. The van der Waals surface area contributed by atoms with Gasteiger partial charge in [0.1, 0.15) is 5.75 Å². The van der Waals surface area contributed by atoms with Crippen molar-refractivity contribution in [1.82, 2.24) is 0 Å². The van der Waals surface area contributed by atoms with Crippen molar-refractivity contribution in [2.24, 2.45) is 0 Å². The van der Waals surface area contributed by atoms with Crippen molar-refractivity contribution in [3.63, 3.8) is 0 Å². The van der Waals surface area contributed by atoms with Crippen LogP contribution < -0.4 is 4.74 Å². The molecule has 1 rings (SSSR count). The van der Waals surface area contributed by atoms with Gasteiger partial charge < -0.3 is 4.74 Å². The van der Waals surface area contributed by atoms with Gasteiger partial charge in [0, 0.05) is 0 Å². The molecule has 74 valence electrons. The van der Waals surface area contributed by atoms with Gasteiger partial charge in [-0.25, -0.2) is 20.4 Å². The van der Waals surface area contributed by atoms with Gasteiger partial charge in [0.05, 0.1) is 7.11 Å². The molecule has 0 atom stereocenters. The van der Waals surface area contributed by atoms with E-state index in [0.29, 0.717) is 0 Å². The second-order valence-corrected chi connectivity index (χ2v) is 1.72. The Morgan fingerprint density at radius 1 is 1.07 bits per heavy atom. The van der Waals surface area contributed by atoms with E-state index in [1.807, 2.05) is 30.3 Å². The molecule has 0 spiro atoms. The summed E-state index contributed by atoms with van der Waals surface area (Å²) in [5, 5.41) is 10.8. The summed E-state index contributed by atoms with van der Waals surface area (Å²) in [6, 6.07) is 9.68. The lowest BCUT2D eigenvalue weighted by atomic mass is 10.3. The molecule has 0 amide bonds. The van der Waals surface area contributed by atoms with E-state index in [2.05, 4.69) is 0 Å². The SMILES string of the molecule is COc1ccccc1.N=C=O.N=C=O. The molecule has 0 saturated heterocycles. The van der Waals surface area contributed by atoms with E-state index < -0.39 is 0 Å². The molecule has 5 heteroatoms. The third kappa shape index (κ3) is 12.5. The van der Waals surface area contributed by atoms with E-state index in [-0.39, 0.29) is 0 Å². The molecule has 2 N–H and O–H groups in total. The first kappa shape index (κ1) is 14.3. The van der Waals surface area contributed by atoms with Crippen LogP contribution in [0.4, 0.5) is 0 Å². The van der Waals surface area contributed by atoms with Crippen molar-refractivity contribution in [3.8, 4) is 5.75 Å². The van der Waals surface area contributed by atoms with Crippen molar-refractivity contribution in [2.45, 2.75) is 0 Å². The zero-order valence-corrected chi connectivity index (χ0v) is 7.61. The highest BCUT2D eigenvalue weighted by Gasteiger charge is 1.80. The zero-order chi connectivity index (χ0) is 11.2. The van der Waals surface area contributed by atoms with Gasteiger partial charge in [-0.3, -0.25) is 0 Å². The van der Waals surface area contributed by atoms with Crippen LogP contribution in [-0.2, 0) is 9.59 Å². The highest BCUT2D eigenvalue weighted by Crippen LogP contribution is 2.05. The lowest BCUT2D eigenvalue weighted by molar-refractivity contribution is 0.415. The molecule has 1 aromatic carbocycles. The molecule has 0 saturated carbocycles. The third-order valence-corrected chi connectivity index (χ3v) is 0.979. The van der Waals surface area contributed by atoms with Gasteiger partial charge in [-0.05, 0) is 12.1 Å². The van der Waals surface area contributed by atoms with E-state index in [9.17, 15) is 0 Å². The quantitative estimate of drug-likeness (QED) is 0.524. The highest BCUT2D eigenvalue weighted by molar-refractivity contribution is 5.26. The first-order chi connectivity index (χ1) is 6.76. The summed E-state index contributed by atoms with van der Waals surface area (Å²) in [6.07, 6.45) is 1.50.